The molecule has 2 heterocycles. The molecule has 4 N–H and O–H groups in total. The molecule has 6 nitrogen and oxygen atoms in total. The molecule has 0 unspecified atom stereocenters. The number of H-pyrrole nitrogens is 1. The lowest BCUT2D eigenvalue weighted by Crippen LogP contribution is -2.33. The summed E-state index contributed by atoms with van der Waals surface area (Å²) in [5.41, 5.74) is 7.96. The zero-order chi connectivity index (χ0) is 15.9. The maximum atomic E-state index is 5.91. The predicted molar refractivity (Wildman–Crippen MR) is 109 cm³/mol. The molecule has 0 aliphatic carbocycles. The van der Waals surface area contributed by atoms with Gasteiger partial charge >= 0.3 is 0 Å². The fourth-order valence-corrected chi connectivity index (χ4v) is 2.87. The molecule has 0 bridgehead atoms. The molecule has 0 saturated carbocycles. The first-order chi connectivity index (χ1) is 11.3. The Morgan fingerprint density at radius 3 is 2.96 bits per heavy atom. The van der Waals surface area contributed by atoms with Gasteiger partial charge in [-0.15, -0.1) is 35.3 Å². The first kappa shape index (κ1) is 18.4. The average molecular weight is 454 g/mol. The van der Waals surface area contributed by atoms with Gasteiger partial charge in [-0.05, 0) is 29.5 Å². The van der Waals surface area contributed by atoms with E-state index >= 15 is 0 Å². The van der Waals surface area contributed by atoms with Crippen molar-refractivity contribution in [2.75, 3.05) is 6.54 Å². The summed E-state index contributed by atoms with van der Waals surface area (Å²) in [6.07, 6.45) is 2.45. The minimum absolute atomic E-state index is 0. The monoisotopic (exact) mass is 454 g/mol. The molecule has 0 spiro atoms. The van der Waals surface area contributed by atoms with E-state index in [1.165, 1.54) is 11.2 Å². The summed E-state index contributed by atoms with van der Waals surface area (Å²) in [5.74, 6) is 1.21. The number of hydrogen-bond donors (Lipinski definition) is 3. The number of hydrogen-bond acceptors (Lipinski definition) is 4. The van der Waals surface area contributed by atoms with E-state index in [9.17, 15) is 0 Å². The Bertz CT molecular complexity index is 755. The normalized spacial score (nSPS) is 11.1. The summed E-state index contributed by atoms with van der Waals surface area (Å²) in [7, 11) is 0. The molecule has 0 fully saturated rings. The summed E-state index contributed by atoms with van der Waals surface area (Å²) < 4.78 is 0. The van der Waals surface area contributed by atoms with E-state index in [0.717, 1.165) is 29.9 Å². The lowest BCUT2D eigenvalue weighted by molar-refractivity contribution is 0.857. The highest BCUT2D eigenvalue weighted by atomic mass is 127. The smallest absolute Gasteiger partial charge is 0.188 e. The minimum atomic E-state index is 0. The van der Waals surface area contributed by atoms with E-state index in [4.69, 9.17) is 5.73 Å². The van der Waals surface area contributed by atoms with Gasteiger partial charge in [-0.1, -0.05) is 24.3 Å². The number of nitrogens with zero attached hydrogens (tertiary/aromatic N) is 3. The molecule has 2 aromatic heterocycles. The Hall–Kier alpha value is -1.94. The largest absolute Gasteiger partial charge is 0.370 e. The number of rotatable bonds is 6. The first-order valence-corrected chi connectivity index (χ1v) is 8.20. The van der Waals surface area contributed by atoms with Gasteiger partial charge in [0.2, 0.25) is 0 Å². The quantitative estimate of drug-likeness (QED) is 0.304. The van der Waals surface area contributed by atoms with Gasteiger partial charge in [-0.3, -0.25) is 5.10 Å². The van der Waals surface area contributed by atoms with E-state index in [-0.39, 0.29) is 24.0 Å². The third-order valence-corrected chi connectivity index (χ3v) is 4.24. The SMILES string of the molecule is I.NC(=NCc1cccc(-c2ncn[nH]2)c1)NCCc1cccs1. The molecule has 0 atom stereocenters. The van der Waals surface area contributed by atoms with Crippen molar-refractivity contribution in [1.82, 2.24) is 20.5 Å². The molecule has 1 aromatic carbocycles. The van der Waals surface area contributed by atoms with Gasteiger partial charge in [0.15, 0.2) is 11.8 Å². The maximum Gasteiger partial charge on any atom is 0.188 e. The van der Waals surface area contributed by atoms with Crippen LogP contribution in [0.25, 0.3) is 11.4 Å². The summed E-state index contributed by atoms with van der Waals surface area (Å²) >= 11 is 1.75. The molecule has 8 heteroatoms. The summed E-state index contributed by atoms with van der Waals surface area (Å²) in [4.78, 5) is 9.86. The Morgan fingerprint density at radius 1 is 1.29 bits per heavy atom. The van der Waals surface area contributed by atoms with Crippen LogP contribution in [-0.4, -0.2) is 27.7 Å². The molecule has 0 aliphatic rings. The Kier molecular flexibility index (Phi) is 7.19. The second-order valence-corrected chi connectivity index (χ2v) is 6.02. The van der Waals surface area contributed by atoms with E-state index in [2.05, 4.69) is 43.0 Å². The third-order valence-electron chi connectivity index (χ3n) is 3.31. The highest BCUT2D eigenvalue weighted by molar-refractivity contribution is 14.0. The molecule has 3 rings (SSSR count). The highest BCUT2D eigenvalue weighted by Crippen LogP contribution is 2.15. The number of thiophene rings is 1. The number of aliphatic imine (C=N–C) groups is 1. The standard InChI is InChI=1S/C16H18N6S.HI/c17-16(18-7-6-14-5-2-8-23-14)19-10-12-3-1-4-13(9-12)15-20-11-21-22-15;/h1-5,8-9,11H,6-7,10H2,(H3,17,18,19)(H,20,21,22);1H. The lowest BCUT2D eigenvalue weighted by atomic mass is 10.1. The fourth-order valence-electron chi connectivity index (χ4n) is 2.16. The number of nitrogens with two attached hydrogens (primary N) is 1. The van der Waals surface area contributed by atoms with Crippen LogP contribution >= 0.6 is 35.3 Å². The molecule has 24 heavy (non-hydrogen) atoms. The highest BCUT2D eigenvalue weighted by Gasteiger charge is 2.02. The zero-order valence-corrected chi connectivity index (χ0v) is 16.1. The summed E-state index contributed by atoms with van der Waals surface area (Å²) in [6, 6.07) is 12.2. The molecule has 126 valence electrons. The van der Waals surface area contributed by atoms with E-state index in [0.29, 0.717) is 12.5 Å². The van der Waals surface area contributed by atoms with Crippen molar-refractivity contribution in [3.63, 3.8) is 0 Å². The van der Waals surface area contributed by atoms with Crippen LogP contribution in [0.3, 0.4) is 0 Å². The number of aromatic amines is 1. The van der Waals surface area contributed by atoms with Crippen molar-refractivity contribution < 1.29 is 0 Å². The third kappa shape index (κ3) is 5.31. The molecule has 3 aromatic rings. The number of aromatic nitrogens is 3. The van der Waals surface area contributed by atoms with Crippen LogP contribution in [0.15, 0.2) is 53.1 Å². The Balaban J connectivity index is 0.00000208. The van der Waals surface area contributed by atoms with Gasteiger partial charge in [0.25, 0.3) is 0 Å². The second kappa shape index (κ2) is 9.38. The van der Waals surface area contributed by atoms with E-state index < -0.39 is 0 Å². The van der Waals surface area contributed by atoms with Crippen LogP contribution in [0.1, 0.15) is 10.4 Å². The molecule has 0 amide bonds. The molecular formula is C16H19IN6S. The first-order valence-electron chi connectivity index (χ1n) is 7.32. The topological polar surface area (TPSA) is 92.0 Å². The average Bonchev–Trinajstić information content (AvgIpc) is 3.27. The molecule has 0 radical (unpaired) electrons. The van der Waals surface area contributed by atoms with Gasteiger partial charge in [0.05, 0.1) is 6.54 Å². The molecular weight excluding hydrogens is 435 g/mol. The number of halogens is 1. The van der Waals surface area contributed by atoms with Gasteiger partial charge in [0, 0.05) is 17.0 Å². The molecule has 0 aliphatic heterocycles. The van der Waals surface area contributed by atoms with Gasteiger partial charge in [-0.25, -0.2) is 9.98 Å². The number of benzene rings is 1. The van der Waals surface area contributed by atoms with Crippen LogP contribution in [-0.2, 0) is 13.0 Å². The minimum Gasteiger partial charge on any atom is -0.370 e. The number of guanidine groups is 1. The van der Waals surface area contributed by atoms with Crippen LogP contribution in [0.4, 0.5) is 0 Å². The lowest BCUT2D eigenvalue weighted by Gasteiger charge is -2.05. The van der Waals surface area contributed by atoms with E-state index in [1.54, 1.807) is 11.3 Å². The predicted octanol–water partition coefficient (Wildman–Crippen LogP) is 2.80. The van der Waals surface area contributed by atoms with Crippen LogP contribution in [0.2, 0.25) is 0 Å². The van der Waals surface area contributed by atoms with Gasteiger partial charge in [0.1, 0.15) is 6.33 Å². The van der Waals surface area contributed by atoms with Gasteiger partial charge in [-0.2, -0.15) is 5.10 Å². The zero-order valence-electron chi connectivity index (χ0n) is 13.0. The van der Waals surface area contributed by atoms with Crippen molar-refractivity contribution >= 4 is 41.3 Å². The van der Waals surface area contributed by atoms with Crippen LogP contribution in [0, 0.1) is 0 Å². The van der Waals surface area contributed by atoms with Crippen molar-refractivity contribution in [1.29, 1.82) is 0 Å². The fraction of sp³-hybridized carbons (Fsp3) is 0.188. The maximum absolute atomic E-state index is 5.91. The summed E-state index contributed by atoms with van der Waals surface area (Å²) in [5, 5.41) is 11.9. The van der Waals surface area contributed by atoms with Crippen molar-refractivity contribution in [3.8, 4) is 11.4 Å². The van der Waals surface area contributed by atoms with Crippen LogP contribution < -0.4 is 11.1 Å². The van der Waals surface area contributed by atoms with Crippen molar-refractivity contribution in [2.45, 2.75) is 13.0 Å². The van der Waals surface area contributed by atoms with Crippen molar-refractivity contribution in [3.05, 3.63) is 58.5 Å². The Labute approximate surface area is 161 Å². The second-order valence-electron chi connectivity index (χ2n) is 4.99. The van der Waals surface area contributed by atoms with Crippen molar-refractivity contribution in [2.24, 2.45) is 10.7 Å². The van der Waals surface area contributed by atoms with E-state index in [1.807, 2.05) is 24.3 Å². The van der Waals surface area contributed by atoms with Gasteiger partial charge < -0.3 is 11.1 Å². The number of nitrogens with one attached hydrogen (secondary N) is 2. The van der Waals surface area contributed by atoms with Crippen LogP contribution in [0.5, 0.6) is 0 Å². The molecule has 0 saturated heterocycles. The Morgan fingerprint density at radius 2 is 2.21 bits per heavy atom. The summed E-state index contributed by atoms with van der Waals surface area (Å²) in [6.45, 7) is 1.31.